The van der Waals surface area contributed by atoms with E-state index < -0.39 is 8.11 Å². The molecule has 0 amide bonds. The Balaban J connectivity index is 0. The molecule has 0 aromatic carbocycles. The molecule has 0 aromatic heterocycles. The first kappa shape index (κ1) is 12.1. The third-order valence-electron chi connectivity index (χ3n) is 0.243. The van der Waals surface area contributed by atoms with Crippen LogP contribution in [0.3, 0.4) is 0 Å². The Labute approximate surface area is 82.3 Å². The molecule has 0 aliphatic rings. The van der Waals surface area contributed by atoms with Crippen molar-refractivity contribution in [1.29, 1.82) is 0 Å². The minimum Gasteiger partial charge on any atom is -0.479 e. The minimum absolute atomic E-state index is 0. The van der Waals surface area contributed by atoms with Crippen LogP contribution in [0.15, 0.2) is 0 Å². The van der Waals surface area contributed by atoms with Crippen LogP contribution in [0.5, 0.6) is 0 Å². The molecular weight excluding hydrogens is 359 g/mol. The van der Waals surface area contributed by atoms with Crippen LogP contribution in [0, 0.1) is 0 Å². The Hall–Kier alpha value is 1.43. The summed E-state index contributed by atoms with van der Waals surface area (Å²) in [4.78, 5) is 9.88. The second-order valence-electron chi connectivity index (χ2n) is 0.803. The SMILES string of the molecule is O=C(O)C(Br)(Br)Br.[Cu]. The van der Waals surface area contributed by atoms with Gasteiger partial charge in [0.05, 0.1) is 0 Å². The van der Waals surface area contributed by atoms with Crippen LogP contribution >= 0.6 is 47.8 Å². The molecule has 1 radical (unpaired) electrons. The number of hydrogen-bond acceptors (Lipinski definition) is 1. The normalized spacial score (nSPS) is 9.88. The number of hydrogen-bond donors (Lipinski definition) is 1. The Morgan fingerprint density at radius 2 is 1.50 bits per heavy atom. The van der Waals surface area contributed by atoms with Crippen LogP contribution in [0.2, 0.25) is 0 Å². The van der Waals surface area contributed by atoms with Crippen LogP contribution in [-0.4, -0.2) is 13.2 Å². The summed E-state index contributed by atoms with van der Waals surface area (Å²) in [5.41, 5.74) is 0. The molecule has 0 rings (SSSR count). The molecule has 0 fully saturated rings. The quantitative estimate of drug-likeness (QED) is 0.529. The predicted molar refractivity (Wildman–Crippen MR) is 37.1 cm³/mol. The molecule has 0 atom stereocenters. The summed E-state index contributed by atoms with van der Waals surface area (Å²) < 4.78 is -1.15. The van der Waals surface area contributed by atoms with Crippen LogP contribution in [-0.2, 0) is 21.9 Å². The van der Waals surface area contributed by atoms with Crippen molar-refractivity contribution in [1.82, 2.24) is 0 Å². The zero-order chi connectivity index (χ0) is 6.08. The summed E-state index contributed by atoms with van der Waals surface area (Å²) in [6.07, 6.45) is 0. The number of halogens is 3. The fourth-order valence-electron chi connectivity index (χ4n) is 0. The molecular formula is C2HBr3CuO2. The van der Waals surface area contributed by atoms with Gasteiger partial charge < -0.3 is 5.11 Å². The Morgan fingerprint density at radius 1 is 1.38 bits per heavy atom. The van der Waals surface area contributed by atoms with E-state index in [0.717, 1.165) is 0 Å². The van der Waals surface area contributed by atoms with Gasteiger partial charge in [-0.1, -0.05) is 0 Å². The number of carboxylic acid groups (broad SMARTS) is 1. The molecule has 0 saturated heterocycles. The molecule has 8 heavy (non-hydrogen) atoms. The number of aliphatic carboxylic acids is 1. The summed E-state index contributed by atoms with van der Waals surface area (Å²) in [5, 5.41) is 8.11. The molecule has 0 bridgehead atoms. The fourth-order valence-corrected chi connectivity index (χ4v) is 0. The van der Waals surface area contributed by atoms with Crippen LogP contribution in [0.25, 0.3) is 0 Å². The second-order valence-corrected chi connectivity index (χ2v) is 7.56. The fraction of sp³-hybridized carbons (Fsp3) is 0.500. The van der Waals surface area contributed by atoms with Gasteiger partial charge in [-0.3, -0.25) is 0 Å². The van der Waals surface area contributed by atoms with Gasteiger partial charge in [-0.05, 0) is 47.8 Å². The molecule has 1 N–H and O–H groups in total. The van der Waals surface area contributed by atoms with Gasteiger partial charge in [-0.25, -0.2) is 4.79 Å². The molecule has 6 heteroatoms. The Morgan fingerprint density at radius 3 is 1.50 bits per heavy atom. The summed E-state index contributed by atoms with van der Waals surface area (Å²) in [6, 6.07) is 0. The summed E-state index contributed by atoms with van der Waals surface area (Å²) >= 11 is 8.33. The van der Waals surface area contributed by atoms with Crippen molar-refractivity contribution in [3.63, 3.8) is 0 Å². The van der Waals surface area contributed by atoms with Crippen molar-refractivity contribution in [3.05, 3.63) is 0 Å². The zero-order valence-corrected chi connectivity index (χ0v) is 8.99. The zero-order valence-electron chi connectivity index (χ0n) is 3.29. The van der Waals surface area contributed by atoms with Crippen molar-refractivity contribution >= 4 is 53.8 Å². The largest absolute Gasteiger partial charge is 0.479 e. The first-order valence-corrected chi connectivity index (χ1v) is 3.62. The van der Waals surface area contributed by atoms with Crippen LogP contribution in [0.4, 0.5) is 0 Å². The van der Waals surface area contributed by atoms with Gasteiger partial charge in [0, 0.05) is 17.1 Å². The maximum absolute atomic E-state index is 9.88. The molecule has 0 aliphatic carbocycles. The first-order chi connectivity index (χ1) is 2.94. The third kappa shape index (κ3) is 5.56. The number of carbonyl (C=O) groups is 1. The average Bonchev–Trinajstić information content (AvgIpc) is 1.31. The summed E-state index contributed by atoms with van der Waals surface area (Å²) in [5.74, 6) is -1.01. The van der Waals surface area contributed by atoms with Gasteiger partial charge >= 0.3 is 5.97 Å². The van der Waals surface area contributed by atoms with Crippen molar-refractivity contribution in [2.75, 3.05) is 0 Å². The number of alkyl halides is 3. The van der Waals surface area contributed by atoms with Crippen molar-refractivity contribution in [2.45, 2.75) is 2.14 Å². The monoisotopic (exact) mass is 357 g/mol. The average molecular weight is 360 g/mol. The molecule has 0 aliphatic heterocycles. The molecule has 0 saturated carbocycles. The van der Waals surface area contributed by atoms with Crippen molar-refractivity contribution < 1.29 is 27.0 Å². The minimum atomic E-state index is -1.15. The van der Waals surface area contributed by atoms with E-state index in [1.165, 1.54) is 0 Å². The van der Waals surface area contributed by atoms with Gasteiger partial charge in [0.25, 0.3) is 0 Å². The van der Waals surface area contributed by atoms with E-state index in [-0.39, 0.29) is 17.1 Å². The standard InChI is InChI=1S/C2HBr3O2.Cu/c3-2(4,5)1(6)7;/h(H,6,7);. The maximum atomic E-state index is 9.88. The number of carboxylic acids is 1. The predicted octanol–water partition coefficient (Wildman–Crippen LogP) is 1.91. The van der Waals surface area contributed by atoms with Crippen molar-refractivity contribution in [2.24, 2.45) is 0 Å². The third-order valence-corrected chi connectivity index (χ3v) is 1.26. The van der Waals surface area contributed by atoms with E-state index in [1.807, 2.05) is 0 Å². The van der Waals surface area contributed by atoms with Gasteiger partial charge in [0.1, 0.15) is 0 Å². The number of rotatable bonds is 0. The van der Waals surface area contributed by atoms with Gasteiger partial charge in [-0.15, -0.1) is 0 Å². The van der Waals surface area contributed by atoms with Crippen molar-refractivity contribution in [3.8, 4) is 0 Å². The summed E-state index contributed by atoms with van der Waals surface area (Å²) in [7, 11) is 0. The van der Waals surface area contributed by atoms with E-state index in [1.54, 1.807) is 0 Å². The topological polar surface area (TPSA) is 37.3 Å². The second kappa shape index (κ2) is 4.28. The smallest absolute Gasteiger partial charge is 0.342 e. The Kier molecular flexibility index (Phi) is 6.49. The van der Waals surface area contributed by atoms with E-state index in [0.29, 0.717) is 0 Å². The molecule has 53 valence electrons. The van der Waals surface area contributed by atoms with Gasteiger partial charge in [-0.2, -0.15) is 0 Å². The Bertz CT molecular complexity index is 87.8. The van der Waals surface area contributed by atoms with E-state index in [2.05, 4.69) is 47.8 Å². The molecule has 0 aromatic rings. The van der Waals surface area contributed by atoms with Crippen LogP contribution < -0.4 is 0 Å². The van der Waals surface area contributed by atoms with E-state index >= 15 is 0 Å². The van der Waals surface area contributed by atoms with Gasteiger partial charge in [0.15, 0.2) is 0 Å². The molecule has 0 heterocycles. The summed E-state index contributed by atoms with van der Waals surface area (Å²) in [6.45, 7) is 0. The molecule has 0 spiro atoms. The van der Waals surface area contributed by atoms with Gasteiger partial charge in [0.2, 0.25) is 2.14 Å². The van der Waals surface area contributed by atoms with E-state index in [4.69, 9.17) is 5.11 Å². The molecule has 0 unspecified atom stereocenters. The molecule has 2 nitrogen and oxygen atoms in total. The van der Waals surface area contributed by atoms with E-state index in [9.17, 15) is 4.79 Å². The first-order valence-electron chi connectivity index (χ1n) is 1.24. The maximum Gasteiger partial charge on any atom is 0.342 e. The van der Waals surface area contributed by atoms with Crippen LogP contribution in [0.1, 0.15) is 0 Å².